The average molecular weight is 360 g/mol. The summed E-state index contributed by atoms with van der Waals surface area (Å²) in [5, 5.41) is 0.733. The van der Waals surface area contributed by atoms with E-state index in [1.807, 2.05) is 13.0 Å². The van der Waals surface area contributed by atoms with Crippen LogP contribution in [0.4, 0.5) is 0 Å². The third-order valence-electron chi connectivity index (χ3n) is 3.91. The van der Waals surface area contributed by atoms with Crippen LogP contribution in [0.2, 0.25) is 0 Å². The maximum Gasteiger partial charge on any atom is 0.351 e. The molecule has 0 saturated heterocycles. The molecule has 2 aliphatic rings. The standard InChI is InChI=1S/C18H20N2O6/c1-11-14(25-7-3-6-24-9-8-23-2)5-4-12-10-13-16(21)19-18(22)20-17(13)26-15(11)12/h4-5,10H,3,6-9H2,1-2H3,(H,19,21,22). The number of aryl methyl sites for hydroxylation is 1. The first kappa shape index (κ1) is 18.1. The highest BCUT2D eigenvalue weighted by molar-refractivity contribution is 5.85. The second kappa shape index (κ2) is 8.11. The second-order valence-electron chi connectivity index (χ2n) is 5.75. The van der Waals surface area contributed by atoms with Gasteiger partial charge in [-0.15, -0.1) is 0 Å². The van der Waals surface area contributed by atoms with Crippen LogP contribution in [0.25, 0.3) is 22.4 Å². The van der Waals surface area contributed by atoms with Gasteiger partial charge in [-0.3, -0.25) is 9.78 Å². The number of nitrogens with zero attached hydrogens (tertiary/aromatic N) is 1. The number of ether oxygens (including phenoxy) is 3. The highest BCUT2D eigenvalue weighted by Crippen LogP contribution is 2.31. The Morgan fingerprint density at radius 1 is 1.15 bits per heavy atom. The summed E-state index contributed by atoms with van der Waals surface area (Å²) in [4.78, 5) is 29.1. The molecule has 0 unspecified atom stereocenters. The Bertz CT molecular complexity index is 978. The van der Waals surface area contributed by atoms with E-state index < -0.39 is 11.2 Å². The maximum atomic E-state index is 11.9. The van der Waals surface area contributed by atoms with Gasteiger partial charge in [0.15, 0.2) is 0 Å². The molecule has 0 spiro atoms. The summed E-state index contributed by atoms with van der Waals surface area (Å²) in [6.45, 7) is 4.07. The molecule has 0 atom stereocenters. The Labute approximate surface area is 149 Å². The molecular weight excluding hydrogens is 340 g/mol. The molecule has 0 amide bonds. The predicted octanol–water partition coefficient (Wildman–Crippen LogP) is 1.72. The molecule has 0 aromatic heterocycles. The second-order valence-corrected chi connectivity index (χ2v) is 5.75. The third-order valence-corrected chi connectivity index (χ3v) is 3.91. The number of rotatable bonds is 8. The summed E-state index contributed by atoms with van der Waals surface area (Å²) in [5.74, 6) is 0.683. The van der Waals surface area contributed by atoms with E-state index in [0.717, 1.165) is 17.4 Å². The summed E-state index contributed by atoms with van der Waals surface area (Å²) in [7, 11) is 1.63. The number of aromatic amines is 1. The minimum atomic E-state index is -0.732. The normalized spacial score (nSPS) is 11.3. The Balaban J connectivity index is 1.78. The lowest BCUT2D eigenvalue weighted by molar-refractivity contribution is 0.0644. The van der Waals surface area contributed by atoms with Crippen LogP contribution >= 0.6 is 0 Å². The van der Waals surface area contributed by atoms with E-state index in [1.165, 1.54) is 0 Å². The molecule has 8 nitrogen and oxygen atoms in total. The zero-order valence-electron chi connectivity index (χ0n) is 14.7. The van der Waals surface area contributed by atoms with Crippen molar-refractivity contribution in [3.8, 4) is 17.2 Å². The molecule has 0 fully saturated rings. The van der Waals surface area contributed by atoms with Crippen LogP contribution < -0.4 is 16.0 Å². The number of methoxy groups -OCH3 is 1. The zero-order chi connectivity index (χ0) is 18.5. The van der Waals surface area contributed by atoms with Gasteiger partial charge in [0.2, 0.25) is 5.89 Å². The van der Waals surface area contributed by atoms with Crippen molar-refractivity contribution in [1.82, 2.24) is 9.97 Å². The van der Waals surface area contributed by atoms with Crippen LogP contribution in [0, 0.1) is 6.92 Å². The van der Waals surface area contributed by atoms with Crippen LogP contribution in [0.1, 0.15) is 12.0 Å². The highest BCUT2D eigenvalue weighted by Gasteiger charge is 2.16. The molecule has 1 aromatic rings. The molecule has 0 saturated carbocycles. The number of hydrogen-bond donors (Lipinski definition) is 1. The fourth-order valence-corrected chi connectivity index (χ4v) is 2.59. The molecular formula is C18H20N2O6. The van der Waals surface area contributed by atoms with Gasteiger partial charge < -0.3 is 18.6 Å². The van der Waals surface area contributed by atoms with Gasteiger partial charge in [-0.05, 0) is 25.1 Å². The van der Waals surface area contributed by atoms with Gasteiger partial charge in [0, 0.05) is 31.1 Å². The Morgan fingerprint density at radius 3 is 2.81 bits per heavy atom. The number of nitrogens with one attached hydrogen (secondary N) is 1. The van der Waals surface area contributed by atoms with Crippen LogP contribution in [0.3, 0.4) is 0 Å². The molecule has 0 bridgehead atoms. The number of fused-ring (bicyclic) bond motifs is 2. The zero-order valence-corrected chi connectivity index (χ0v) is 14.7. The van der Waals surface area contributed by atoms with Crippen molar-refractivity contribution < 1.29 is 18.6 Å². The molecule has 2 heterocycles. The van der Waals surface area contributed by atoms with E-state index in [4.69, 9.17) is 18.6 Å². The monoisotopic (exact) mass is 360 g/mol. The van der Waals surface area contributed by atoms with Gasteiger partial charge in [0.1, 0.15) is 16.9 Å². The van der Waals surface area contributed by atoms with Crippen molar-refractivity contribution in [2.45, 2.75) is 13.3 Å². The van der Waals surface area contributed by atoms with Gasteiger partial charge in [-0.25, -0.2) is 4.79 Å². The van der Waals surface area contributed by atoms with Crippen LogP contribution in [-0.2, 0) is 9.47 Å². The lowest BCUT2D eigenvalue weighted by Gasteiger charge is -2.12. The van der Waals surface area contributed by atoms with E-state index in [-0.39, 0.29) is 11.5 Å². The number of H-pyrrole nitrogens is 1. The fourth-order valence-electron chi connectivity index (χ4n) is 2.59. The van der Waals surface area contributed by atoms with E-state index in [9.17, 15) is 9.59 Å². The third kappa shape index (κ3) is 3.92. The van der Waals surface area contributed by atoms with Crippen LogP contribution in [0.15, 0.2) is 32.2 Å². The van der Waals surface area contributed by atoms with Gasteiger partial charge in [-0.2, -0.15) is 4.98 Å². The Morgan fingerprint density at radius 2 is 2.00 bits per heavy atom. The number of hydrogen-bond acceptors (Lipinski definition) is 7. The van der Waals surface area contributed by atoms with Crippen molar-refractivity contribution in [2.24, 2.45) is 0 Å². The minimum absolute atomic E-state index is 0.0121. The van der Waals surface area contributed by atoms with Crippen LogP contribution in [0.5, 0.6) is 5.75 Å². The van der Waals surface area contributed by atoms with Crippen molar-refractivity contribution >= 4 is 11.0 Å². The van der Waals surface area contributed by atoms with E-state index in [2.05, 4.69) is 9.97 Å². The molecule has 3 rings (SSSR count). The van der Waals surface area contributed by atoms with Crippen molar-refractivity contribution in [3.63, 3.8) is 0 Å². The lowest BCUT2D eigenvalue weighted by atomic mass is 10.1. The minimum Gasteiger partial charge on any atom is -0.493 e. The first-order valence-electron chi connectivity index (χ1n) is 8.27. The van der Waals surface area contributed by atoms with Crippen molar-refractivity contribution in [1.29, 1.82) is 0 Å². The van der Waals surface area contributed by atoms with E-state index in [0.29, 0.717) is 37.8 Å². The molecule has 26 heavy (non-hydrogen) atoms. The van der Waals surface area contributed by atoms with Crippen molar-refractivity contribution in [2.75, 3.05) is 33.5 Å². The molecule has 2 aliphatic heterocycles. The predicted molar refractivity (Wildman–Crippen MR) is 95.1 cm³/mol. The van der Waals surface area contributed by atoms with Gasteiger partial charge in [-0.1, -0.05) is 0 Å². The van der Waals surface area contributed by atoms with Gasteiger partial charge in [0.05, 0.1) is 19.8 Å². The quantitative estimate of drug-likeness (QED) is 0.482. The van der Waals surface area contributed by atoms with E-state index in [1.54, 1.807) is 19.2 Å². The summed E-state index contributed by atoms with van der Waals surface area (Å²) in [5.41, 5.74) is 0.294. The van der Waals surface area contributed by atoms with Crippen LogP contribution in [-0.4, -0.2) is 43.5 Å². The van der Waals surface area contributed by atoms with Gasteiger partial charge in [0.25, 0.3) is 5.56 Å². The SMILES string of the molecule is COCCOCCCOc1ccc2cc3c(=O)[nH]c(=O)nc-3oc2c1C. The molecule has 8 heteroatoms. The summed E-state index contributed by atoms with van der Waals surface area (Å²) >= 11 is 0. The highest BCUT2D eigenvalue weighted by atomic mass is 16.5. The number of benzene rings is 1. The summed E-state index contributed by atoms with van der Waals surface area (Å²) in [6, 6.07) is 5.29. The Kier molecular flexibility index (Phi) is 5.65. The number of aromatic nitrogens is 2. The molecule has 1 N–H and O–H groups in total. The van der Waals surface area contributed by atoms with E-state index >= 15 is 0 Å². The summed E-state index contributed by atoms with van der Waals surface area (Å²) in [6.07, 6.45) is 0.743. The Hall–Kier alpha value is -2.71. The largest absolute Gasteiger partial charge is 0.493 e. The smallest absolute Gasteiger partial charge is 0.351 e. The summed E-state index contributed by atoms with van der Waals surface area (Å²) < 4.78 is 21.8. The first-order valence-corrected chi connectivity index (χ1v) is 8.27. The topological polar surface area (TPSA) is 104 Å². The molecule has 1 aromatic carbocycles. The molecule has 0 radical (unpaired) electrons. The first-order chi connectivity index (χ1) is 12.6. The maximum absolute atomic E-state index is 11.9. The van der Waals surface area contributed by atoms with Crippen molar-refractivity contribution in [3.05, 3.63) is 44.6 Å². The fraction of sp³-hybridized carbons (Fsp3) is 0.389. The van der Waals surface area contributed by atoms with Gasteiger partial charge >= 0.3 is 5.69 Å². The molecule has 0 aliphatic carbocycles. The average Bonchev–Trinajstić information content (AvgIpc) is 2.62. The lowest BCUT2D eigenvalue weighted by Crippen LogP contribution is -2.24. The molecule has 138 valence electrons.